The SMILES string of the molecule is CC(C)(C)OC(=O)Nc1nc(Br)cc2ccccc12. The molecule has 1 N–H and O–H groups in total. The van der Waals surface area contributed by atoms with E-state index in [0.29, 0.717) is 10.4 Å². The van der Waals surface area contributed by atoms with E-state index < -0.39 is 11.7 Å². The average molecular weight is 323 g/mol. The number of benzene rings is 1. The molecule has 0 saturated carbocycles. The molecule has 0 bridgehead atoms. The number of aromatic nitrogens is 1. The monoisotopic (exact) mass is 322 g/mol. The van der Waals surface area contributed by atoms with Crippen molar-refractivity contribution < 1.29 is 9.53 Å². The maximum absolute atomic E-state index is 11.8. The topological polar surface area (TPSA) is 51.2 Å². The number of hydrogen-bond acceptors (Lipinski definition) is 3. The molecule has 0 fully saturated rings. The molecule has 1 heterocycles. The van der Waals surface area contributed by atoms with E-state index in [0.717, 1.165) is 10.8 Å². The molecule has 1 aromatic heterocycles. The van der Waals surface area contributed by atoms with Crippen LogP contribution in [-0.2, 0) is 4.74 Å². The molecule has 5 heteroatoms. The second-order valence-electron chi connectivity index (χ2n) is 5.14. The number of carbonyl (C=O) groups excluding carboxylic acids is 1. The van der Waals surface area contributed by atoms with Crippen LogP contribution in [0.3, 0.4) is 0 Å². The summed E-state index contributed by atoms with van der Waals surface area (Å²) < 4.78 is 5.89. The number of ether oxygens (including phenoxy) is 1. The highest BCUT2D eigenvalue weighted by Gasteiger charge is 2.17. The van der Waals surface area contributed by atoms with Gasteiger partial charge in [0.2, 0.25) is 0 Å². The summed E-state index contributed by atoms with van der Waals surface area (Å²) in [5, 5.41) is 4.55. The lowest BCUT2D eigenvalue weighted by atomic mass is 10.1. The standard InChI is InChI=1S/C14H15BrN2O2/c1-14(2,3)19-13(18)17-12-10-7-5-4-6-9(10)8-11(15)16-12/h4-8H,1-3H3,(H,16,17,18). The molecule has 0 atom stereocenters. The fourth-order valence-electron chi connectivity index (χ4n) is 1.66. The Morgan fingerprint density at radius 3 is 2.68 bits per heavy atom. The third-order valence-corrected chi connectivity index (χ3v) is 2.73. The Bertz CT molecular complexity index is 620. The fourth-order valence-corrected chi connectivity index (χ4v) is 2.09. The largest absolute Gasteiger partial charge is 0.444 e. The molecular formula is C14H15BrN2O2. The molecule has 4 nitrogen and oxygen atoms in total. The van der Waals surface area contributed by atoms with E-state index >= 15 is 0 Å². The highest BCUT2D eigenvalue weighted by molar-refractivity contribution is 9.10. The Morgan fingerprint density at radius 1 is 1.32 bits per heavy atom. The smallest absolute Gasteiger partial charge is 0.413 e. The van der Waals surface area contributed by atoms with Crippen molar-refractivity contribution in [2.75, 3.05) is 5.32 Å². The Balaban J connectivity index is 2.32. The number of carbonyl (C=O) groups is 1. The van der Waals surface area contributed by atoms with Crippen molar-refractivity contribution >= 4 is 38.6 Å². The van der Waals surface area contributed by atoms with Crippen molar-refractivity contribution in [3.05, 3.63) is 34.9 Å². The minimum atomic E-state index is -0.536. The first kappa shape index (κ1) is 13.8. The van der Waals surface area contributed by atoms with Crippen molar-refractivity contribution in [3.8, 4) is 0 Å². The molecule has 1 aromatic carbocycles. The van der Waals surface area contributed by atoms with Crippen molar-refractivity contribution in [1.29, 1.82) is 0 Å². The predicted octanol–water partition coefficient (Wildman–Crippen LogP) is 4.34. The molecule has 0 aliphatic carbocycles. The first-order valence-electron chi connectivity index (χ1n) is 5.90. The molecule has 19 heavy (non-hydrogen) atoms. The summed E-state index contributed by atoms with van der Waals surface area (Å²) >= 11 is 3.33. The van der Waals surface area contributed by atoms with Crippen molar-refractivity contribution in [2.45, 2.75) is 26.4 Å². The Labute approximate surface area is 120 Å². The number of nitrogens with zero attached hydrogens (tertiary/aromatic N) is 1. The number of hydrogen-bond donors (Lipinski definition) is 1. The molecule has 100 valence electrons. The first-order valence-corrected chi connectivity index (χ1v) is 6.70. The van der Waals surface area contributed by atoms with E-state index in [1.165, 1.54) is 0 Å². The summed E-state index contributed by atoms with van der Waals surface area (Å²) in [7, 11) is 0. The fraction of sp³-hybridized carbons (Fsp3) is 0.286. The maximum Gasteiger partial charge on any atom is 0.413 e. The van der Waals surface area contributed by atoms with E-state index in [4.69, 9.17) is 4.74 Å². The van der Waals surface area contributed by atoms with Gasteiger partial charge in [0.1, 0.15) is 16.0 Å². The van der Waals surface area contributed by atoms with Gasteiger partial charge in [-0.1, -0.05) is 24.3 Å². The molecule has 0 radical (unpaired) electrons. The Hall–Kier alpha value is -1.62. The molecule has 0 aliphatic rings. The molecule has 2 aromatic rings. The van der Waals surface area contributed by atoms with E-state index in [-0.39, 0.29) is 0 Å². The van der Waals surface area contributed by atoms with E-state index in [1.54, 1.807) is 0 Å². The number of pyridine rings is 1. The van der Waals surface area contributed by atoms with Crippen LogP contribution in [0.15, 0.2) is 34.9 Å². The number of rotatable bonds is 1. The maximum atomic E-state index is 11.8. The van der Waals surface area contributed by atoms with Gasteiger partial charge in [-0.05, 0) is 48.2 Å². The number of halogens is 1. The molecule has 0 spiro atoms. The lowest BCUT2D eigenvalue weighted by Crippen LogP contribution is -2.27. The normalized spacial score (nSPS) is 11.4. The van der Waals surface area contributed by atoms with Crippen LogP contribution in [-0.4, -0.2) is 16.7 Å². The lowest BCUT2D eigenvalue weighted by Gasteiger charge is -2.19. The summed E-state index contributed by atoms with van der Waals surface area (Å²) in [6.45, 7) is 5.46. The molecule has 1 amide bonds. The van der Waals surface area contributed by atoms with Gasteiger partial charge in [0.15, 0.2) is 0 Å². The highest BCUT2D eigenvalue weighted by Crippen LogP contribution is 2.25. The van der Waals surface area contributed by atoms with Gasteiger partial charge in [0, 0.05) is 5.39 Å². The molecular weight excluding hydrogens is 308 g/mol. The van der Waals surface area contributed by atoms with Crippen molar-refractivity contribution in [1.82, 2.24) is 4.98 Å². The van der Waals surface area contributed by atoms with Crippen LogP contribution in [0, 0.1) is 0 Å². The van der Waals surface area contributed by atoms with Gasteiger partial charge in [-0.2, -0.15) is 0 Å². The van der Waals surface area contributed by atoms with Crippen LogP contribution in [0.5, 0.6) is 0 Å². The van der Waals surface area contributed by atoms with Gasteiger partial charge in [0.05, 0.1) is 0 Å². The third kappa shape index (κ3) is 3.67. The minimum Gasteiger partial charge on any atom is -0.444 e. The van der Waals surface area contributed by atoms with Crippen molar-refractivity contribution in [2.24, 2.45) is 0 Å². The van der Waals surface area contributed by atoms with E-state index in [1.807, 2.05) is 51.1 Å². The number of fused-ring (bicyclic) bond motifs is 1. The zero-order valence-electron chi connectivity index (χ0n) is 11.0. The molecule has 2 rings (SSSR count). The molecule has 0 aliphatic heterocycles. The third-order valence-electron chi connectivity index (χ3n) is 2.33. The Morgan fingerprint density at radius 2 is 2.00 bits per heavy atom. The zero-order valence-corrected chi connectivity index (χ0v) is 12.6. The van der Waals surface area contributed by atoms with Gasteiger partial charge in [-0.25, -0.2) is 9.78 Å². The summed E-state index contributed by atoms with van der Waals surface area (Å²) in [6.07, 6.45) is -0.511. The van der Waals surface area contributed by atoms with Crippen molar-refractivity contribution in [3.63, 3.8) is 0 Å². The van der Waals surface area contributed by atoms with Gasteiger partial charge in [-0.15, -0.1) is 0 Å². The number of anilines is 1. The van der Waals surface area contributed by atoms with Crippen LogP contribution in [0.25, 0.3) is 10.8 Å². The van der Waals surface area contributed by atoms with Crippen LogP contribution >= 0.6 is 15.9 Å². The quantitative estimate of drug-likeness (QED) is 0.794. The summed E-state index contributed by atoms with van der Waals surface area (Å²) in [5.74, 6) is 0.485. The summed E-state index contributed by atoms with van der Waals surface area (Å²) in [6, 6.07) is 9.60. The Kier molecular flexibility index (Phi) is 3.75. The second-order valence-corrected chi connectivity index (χ2v) is 5.95. The predicted molar refractivity (Wildman–Crippen MR) is 79.3 cm³/mol. The first-order chi connectivity index (χ1) is 8.85. The van der Waals surface area contributed by atoms with Crippen LogP contribution in [0.1, 0.15) is 20.8 Å². The molecule has 0 saturated heterocycles. The second kappa shape index (κ2) is 5.17. The van der Waals surface area contributed by atoms with Crippen LogP contribution in [0.2, 0.25) is 0 Å². The average Bonchev–Trinajstić information content (AvgIpc) is 2.25. The van der Waals surface area contributed by atoms with Gasteiger partial charge >= 0.3 is 6.09 Å². The van der Waals surface area contributed by atoms with E-state index in [9.17, 15) is 4.79 Å². The minimum absolute atomic E-state index is 0.485. The van der Waals surface area contributed by atoms with Gasteiger partial charge < -0.3 is 4.74 Å². The van der Waals surface area contributed by atoms with Gasteiger partial charge in [0.25, 0.3) is 0 Å². The summed E-state index contributed by atoms with van der Waals surface area (Å²) in [5.41, 5.74) is -0.536. The molecule has 0 unspecified atom stereocenters. The van der Waals surface area contributed by atoms with Crippen LogP contribution < -0.4 is 5.32 Å². The summed E-state index contributed by atoms with van der Waals surface area (Å²) in [4.78, 5) is 16.1. The number of nitrogens with one attached hydrogen (secondary N) is 1. The van der Waals surface area contributed by atoms with E-state index in [2.05, 4.69) is 26.2 Å². The number of amides is 1. The lowest BCUT2D eigenvalue weighted by molar-refractivity contribution is 0.0635. The highest BCUT2D eigenvalue weighted by atomic mass is 79.9. The van der Waals surface area contributed by atoms with Crippen LogP contribution in [0.4, 0.5) is 10.6 Å². The zero-order chi connectivity index (χ0) is 14.0. The van der Waals surface area contributed by atoms with Gasteiger partial charge in [-0.3, -0.25) is 5.32 Å².